The largest absolute Gasteiger partial charge is 0.478 e. The van der Waals surface area contributed by atoms with Crippen LogP contribution < -0.4 is 0 Å². The number of hydrogen-bond acceptors (Lipinski definition) is 5. The number of aromatic carboxylic acids is 1. The van der Waals surface area contributed by atoms with Crippen LogP contribution in [0.25, 0.3) is 5.69 Å². The molecule has 5 rings (SSSR count). The van der Waals surface area contributed by atoms with E-state index >= 15 is 0 Å². The fourth-order valence-electron chi connectivity index (χ4n) is 4.49. The van der Waals surface area contributed by atoms with Gasteiger partial charge in [0.05, 0.1) is 16.8 Å². The van der Waals surface area contributed by atoms with Crippen LogP contribution in [-0.4, -0.2) is 49.2 Å². The highest BCUT2D eigenvalue weighted by Crippen LogP contribution is 2.32. The van der Waals surface area contributed by atoms with Crippen molar-refractivity contribution in [2.24, 2.45) is 0 Å². The number of carbonyl (C=O) groups excluding carboxylic acids is 2. The van der Waals surface area contributed by atoms with E-state index in [0.717, 1.165) is 15.8 Å². The molecular weight excluding hydrogens is 499 g/mol. The Morgan fingerprint density at radius 2 is 1.78 bits per heavy atom. The summed E-state index contributed by atoms with van der Waals surface area (Å²) in [7, 11) is 0. The number of benzene rings is 3. The Bertz CT molecular complexity index is 1520. The maximum Gasteiger partial charge on any atom is 0.335 e. The maximum absolute atomic E-state index is 14.5. The summed E-state index contributed by atoms with van der Waals surface area (Å²) in [5.41, 5.74) is 2.45. The first kappa shape index (κ1) is 24.3. The van der Waals surface area contributed by atoms with E-state index < -0.39 is 23.7 Å². The fraction of sp³-hybridized carbons (Fsp3) is 0.148. The molecule has 0 bridgehead atoms. The van der Waals surface area contributed by atoms with Gasteiger partial charge in [-0.2, -0.15) is 0 Å². The molecule has 1 aliphatic heterocycles. The summed E-state index contributed by atoms with van der Waals surface area (Å²) >= 11 is 5.87. The highest BCUT2D eigenvalue weighted by atomic mass is 35.5. The number of amides is 1. The minimum atomic E-state index is -1.05. The van der Waals surface area contributed by atoms with E-state index in [4.69, 9.17) is 16.7 Å². The van der Waals surface area contributed by atoms with Crippen molar-refractivity contribution in [2.75, 3.05) is 6.54 Å². The monoisotopic (exact) mass is 518 g/mol. The molecule has 1 aliphatic rings. The van der Waals surface area contributed by atoms with Gasteiger partial charge >= 0.3 is 5.97 Å². The number of carboxylic acid groups (broad SMARTS) is 1. The van der Waals surface area contributed by atoms with Crippen LogP contribution in [0.1, 0.15) is 43.6 Å². The second-order valence-electron chi connectivity index (χ2n) is 8.62. The molecule has 1 atom stereocenters. The van der Waals surface area contributed by atoms with Crippen LogP contribution in [0.15, 0.2) is 72.9 Å². The molecule has 0 fully saturated rings. The van der Waals surface area contributed by atoms with E-state index in [-0.39, 0.29) is 40.7 Å². The summed E-state index contributed by atoms with van der Waals surface area (Å²) in [5, 5.41) is 16.9. The average molecular weight is 519 g/mol. The number of ketones is 1. The number of hydrogen-bond donors (Lipinski definition) is 1. The van der Waals surface area contributed by atoms with Crippen LogP contribution >= 0.6 is 11.6 Å². The minimum absolute atomic E-state index is 0.00307. The molecule has 4 aromatic rings. The lowest BCUT2D eigenvalue weighted by Gasteiger charge is -2.36. The molecule has 0 saturated carbocycles. The van der Waals surface area contributed by atoms with Gasteiger partial charge in [0, 0.05) is 13.0 Å². The third-order valence-electron chi connectivity index (χ3n) is 6.32. The number of fused-ring (bicyclic) bond motifs is 1. The molecule has 0 saturated heterocycles. The number of rotatable bonds is 6. The van der Waals surface area contributed by atoms with Crippen LogP contribution in [0.3, 0.4) is 0 Å². The molecular formula is C27H20ClFN4O4. The highest BCUT2D eigenvalue weighted by molar-refractivity contribution is 6.30. The lowest BCUT2D eigenvalue weighted by atomic mass is 9.88. The smallest absolute Gasteiger partial charge is 0.335 e. The second-order valence-corrected chi connectivity index (χ2v) is 9.02. The lowest BCUT2D eigenvalue weighted by Crippen LogP contribution is -2.44. The molecule has 37 heavy (non-hydrogen) atoms. The summed E-state index contributed by atoms with van der Waals surface area (Å²) in [6.07, 6.45) is 1.86. The second kappa shape index (κ2) is 9.94. The van der Waals surface area contributed by atoms with Gasteiger partial charge in [-0.3, -0.25) is 9.59 Å². The third kappa shape index (κ3) is 4.73. The Morgan fingerprint density at radius 3 is 2.54 bits per heavy atom. The minimum Gasteiger partial charge on any atom is -0.478 e. The lowest BCUT2D eigenvalue weighted by molar-refractivity contribution is -0.123. The molecule has 1 aromatic heterocycles. The predicted molar refractivity (Wildman–Crippen MR) is 132 cm³/mol. The summed E-state index contributed by atoms with van der Waals surface area (Å²) in [6.45, 7) is 0.280. The standard InChI is InChI=1S/C27H20ClFN4O4/c28-20-6-3-7-22(24(20)29)33-15-21(30-31-33)26(35)32-13-12-17-4-1-2-5-19(17)25(32)23(34)14-16-8-10-18(11-9-16)27(36)37/h1-11,15,25H,12-14H2,(H,36,37)/t25-/m0/s1. The number of Topliss-reactive ketones (excluding diaryl/α,β-unsaturated/α-hetero) is 1. The van der Waals surface area contributed by atoms with E-state index in [2.05, 4.69) is 10.3 Å². The number of aromatic nitrogens is 3. The molecule has 1 amide bonds. The highest BCUT2D eigenvalue weighted by Gasteiger charge is 2.37. The number of carboxylic acids is 1. The summed E-state index contributed by atoms with van der Waals surface area (Å²) in [5.74, 6) is -2.48. The zero-order valence-electron chi connectivity index (χ0n) is 19.3. The Morgan fingerprint density at radius 1 is 1.03 bits per heavy atom. The van der Waals surface area contributed by atoms with E-state index in [1.54, 1.807) is 18.2 Å². The van der Waals surface area contributed by atoms with Crippen LogP contribution in [-0.2, 0) is 17.6 Å². The van der Waals surface area contributed by atoms with Gasteiger partial charge < -0.3 is 10.0 Å². The van der Waals surface area contributed by atoms with Crippen molar-refractivity contribution < 1.29 is 23.9 Å². The zero-order valence-corrected chi connectivity index (χ0v) is 20.1. The van der Waals surface area contributed by atoms with Crippen LogP contribution in [0.4, 0.5) is 4.39 Å². The molecule has 2 heterocycles. The average Bonchev–Trinajstić information content (AvgIpc) is 3.39. The van der Waals surface area contributed by atoms with E-state index in [0.29, 0.717) is 12.0 Å². The van der Waals surface area contributed by atoms with Gasteiger partial charge in [-0.15, -0.1) is 5.10 Å². The molecule has 0 radical (unpaired) electrons. The van der Waals surface area contributed by atoms with Gasteiger partial charge in [-0.05, 0) is 47.4 Å². The molecule has 10 heteroatoms. The first-order valence-electron chi connectivity index (χ1n) is 11.4. The molecule has 0 aliphatic carbocycles. The van der Waals surface area contributed by atoms with Crippen molar-refractivity contribution in [2.45, 2.75) is 18.9 Å². The molecule has 1 N–H and O–H groups in total. The van der Waals surface area contributed by atoms with Gasteiger partial charge in [-0.25, -0.2) is 13.9 Å². The summed E-state index contributed by atoms with van der Waals surface area (Å²) in [6, 6.07) is 17.1. The van der Waals surface area contributed by atoms with Gasteiger partial charge in [0.1, 0.15) is 11.7 Å². The zero-order chi connectivity index (χ0) is 26.1. The quantitative estimate of drug-likeness (QED) is 0.408. The number of halogens is 2. The van der Waals surface area contributed by atoms with Crippen LogP contribution in [0, 0.1) is 5.82 Å². The Kier molecular flexibility index (Phi) is 6.54. The Balaban J connectivity index is 1.45. The molecule has 3 aromatic carbocycles. The number of carbonyl (C=O) groups is 3. The molecule has 0 spiro atoms. The van der Waals surface area contributed by atoms with Gasteiger partial charge in [-0.1, -0.05) is 59.3 Å². The van der Waals surface area contributed by atoms with Gasteiger partial charge in [0.25, 0.3) is 5.91 Å². The first-order chi connectivity index (χ1) is 17.8. The Labute approximate surface area is 215 Å². The van der Waals surface area contributed by atoms with Crippen molar-refractivity contribution in [3.8, 4) is 5.69 Å². The fourth-order valence-corrected chi connectivity index (χ4v) is 4.66. The van der Waals surface area contributed by atoms with E-state index in [9.17, 15) is 18.8 Å². The summed E-state index contributed by atoms with van der Waals surface area (Å²) < 4.78 is 15.6. The van der Waals surface area contributed by atoms with Crippen molar-refractivity contribution in [3.05, 3.63) is 112 Å². The van der Waals surface area contributed by atoms with E-state index in [1.807, 2.05) is 24.3 Å². The maximum atomic E-state index is 14.5. The molecule has 0 unspecified atom stereocenters. The third-order valence-corrected chi connectivity index (χ3v) is 6.61. The van der Waals surface area contributed by atoms with Crippen LogP contribution in [0.5, 0.6) is 0 Å². The van der Waals surface area contributed by atoms with Gasteiger partial charge in [0.2, 0.25) is 0 Å². The SMILES string of the molecule is O=C(O)c1ccc(CC(=O)[C@@H]2c3ccccc3CCN2C(=O)c2cn(-c3cccc(Cl)c3F)nn2)cc1. The topological polar surface area (TPSA) is 105 Å². The number of nitrogens with zero attached hydrogens (tertiary/aromatic N) is 4. The first-order valence-corrected chi connectivity index (χ1v) is 11.8. The van der Waals surface area contributed by atoms with Crippen molar-refractivity contribution in [1.29, 1.82) is 0 Å². The van der Waals surface area contributed by atoms with Gasteiger partial charge in [0.15, 0.2) is 17.3 Å². The molecule has 186 valence electrons. The van der Waals surface area contributed by atoms with E-state index in [1.165, 1.54) is 35.4 Å². The summed E-state index contributed by atoms with van der Waals surface area (Å²) in [4.78, 5) is 39.8. The van der Waals surface area contributed by atoms with Crippen molar-refractivity contribution in [3.63, 3.8) is 0 Å². The normalized spacial score (nSPS) is 14.8. The Hall–Kier alpha value is -4.37. The van der Waals surface area contributed by atoms with Crippen molar-refractivity contribution >= 4 is 29.3 Å². The van der Waals surface area contributed by atoms with Crippen molar-refractivity contribution in [1.82, 2.24) is 19.9 Å². The van der Waals surface area contributed by atoms with Crippen LogP contribution in [0.2, 0.25) is 5.02 Å². The molecule has 8 nitrogen and oxygen atoms in total. The predicted octanol–water partition coefficient (Wildman–Crippen LogP) is 4.31.